The van der Waals surface area contributed by atoms with Gasteiger partial charge in [-0.3, -0.25) is 14.4 Å². The van der Waals surface area contributed by atoms with E-state index in [0.29, 0.717) is 6.42 Å². The van der Waals surface area contributed by atoms with Gasteiger partial charge in [0.05, 0.1) is 16.6 Å². The maximum absolute atomic E-state index is 11.9. The van der Waals surface area contributed by atoms with Crippen molar-refractivity contribution in [2.75, 3.05) is 6.54 Å². The molecule has 4 N–H and O–H groups in total. The smallest absolute Gasteiger partial charge is 0.326 e. The monoisotopic (exact) mass is 387 g/mol. The Labute approximate surface area is 140 Å². The Morgan fingerprint density at radius 1 is 1.35 bits per heavy atom. The molecule has 2 amide bonds. The van der Waals surface area contributed by atoms with E-state index >= 15 is 0 Å². The lowest BCUT2D eigenvalue weighted by Gasteiger charge is -2.16. The molecule has 0 aromatic carbocycles. The van der Waals surface area contributed by atoms with E-state index in [4.69, 9.17) is 5.11 Å². The van der Waals surface area contributed by atoms with Gasteiger partial charge in [-0.1, -0.05) is 13.8 Å². The number of halogens is 1. The third-order valence-electron chi connectivity index (χ3n) is 2.87. The Morgan fingerprint density at radius 3 is 2.52 bits per heavy atom. The number of carbonyl (C=O) groups excluding carboxylic acids is 2. The van der Waals surface area contributed by atoms with Crippen LogP contribution in [0, 0.1) is 5.92 Å². The van der Waals surface area contributed by atoms with E-state index in [1.165, 1.54) is 12.3 Å². The molecule has 0 fully saturated rings. The second-order valence-electron chi connectivity index (χ2n) is 5.34. The average Bonchev–Trinajstić information content (AvgIpc) is 2.46. The van der Waals surface area contributed by atoms with Crippen molar-refractivity contribution in [3.63, 3.8) is 0 Å². The summed E-state index contributed by atoms with van der Waals surface area (Å²) >= 11 is 3.00. The highest BCUT2D eigenvalue weighted by Crippen LogP contribution is 2.06. The Hall–Kier alpha value is -2.16. The fraction of sp³-hybridized carbons (Fsp3) is 0.429. The van der Waals surface area contributed by atoms with Gasteiger partial charge in [-0.25, -0.2) is 4.79 Å². The van der Waals surface area contributed by atoms with Crippen molar-refractivity contribution in [3.05, 3.63) is 32.7 Å². The van der Waals surface area contributed by atoms with Gasteiger partial charge >= 0.3 is 5.97 Å². The number of hydrogen-bond donors (Lipinski definition) is 4. The number of aromatic amines is 1. The molecule has 0 saturated carbocycles. The summed E-state index contributed by atoms with van der Waals surface area (Å²) in [5, 5.41) is 13.8. The third kappa shape index (κ3) is 6.23. The van der Waals surface area contributed by atoms with Gasteiger partial charge in [0, 0.05) is 6.20 Å². The van der Waals surface area contributed by atoms with E-state index in [-0.39, 0.29) is 28.1 Å². The second-order valence-corrected chi connectivity index (χ2v) is 6.19. The minimum absolute atomic E-state index is 0.101. The molecule has 126 valence electrons. The van der Waals surface area contributed by atoms with Crippen molar-refractivity contribution in [2.24, 2.45) is 5.92 Å². The molecule has 1 rings (SSSR count). The fourth-order valence-corrected chi connectivity index (χ4v) is 2.15. The molecular formula is C14H18BrN3O5. The summed E-state index contributed by atoms with van der Waals surface area (Å²) < 4.78 is 0.192. The summed E-state index contributed by atoms with van der Waals surface area (Å²) in [4.78, 5) is 48.2. The Bertz CT molecular complexity index is 656. The fourth-order valence-electron chi connectivity index (χ4n) is 1.79. The number of carboxylic acid groups (broad SMARTS) is 1. The summed E-state index contributed by atoms with van der Waals surface area (Å²) in [5.41, 5.74) is -0.210. The van der Waals surface area contributed by atoms with Crippen LogP contribution in [0.2, 0.25) is 0 Å². The van der Waals surface area contributed by atoms with Crippen molar-refractivity contribution in [1.82, 2.24) is 15.6 Å². The zero-order chi connectivity index (χ0) is 17.6. The highest BCUT2D eigenvalue weighted by atomic mass is 79.9. The lowest BCUT2D eigenvalue weighted by Crippen LogP contribution is -2.46. The van der Waals surface area contributed by atoms with Crippen LogP contribution in [0.4, 0.5) is 0 Å². The lowest BCUT2D eigenvalue weighted by atomic mass is 10.0. The Balaban J connectivity index is 2.57. The zero-order valence-electron chi connectivity index (χ0n) is 12.7. The number of carboxylic acids is 1. The number of H-pyrrole nitrogens is 1. The van der Waals surface area contributed by atoms with E-state index in [9.17, 15) is 19.2 Å². The molecule has 0 aliphatic heterocycles. The first-order valence-electron chi connectivity index (χ1n) is 6.89. The number of aliphatic carboxylic acids is 1. The summed E-state index contributed by atoms with van der Waals surface area (Å²) in [7, 11) is 0. The number of aromatic nitrogens is 1. The van der Waals surface area contributed by atoms with Crippen LogP contribution in [-0.2, 0) is 9.59 Å². The Morgan fingerprint density at radius 2 is 2.00 bits per heavy atom. The first-order valence-corrected chi connectivity index (χ1v) is 7.68. The minimum Gasteiger partial charge on any atom is -0.480 e. The standard InChI is InChI=1S/C14H18BrN3O5/c1-7(2)3-10(14(22)23)18-11(19)6-17-12(20)8-4-9(15)13(21)16-5-8/h4-5,7,10H,3,6H2,1-2H3,(H,16,21)(H,17,20)(H,18,19)(H,22,23)/t10-/m0/s1. The molecule has 1 aromatic rings. The molecule has 0 saturated heterocycles. The zero-order valence-corrected chi connectivity index (χ0v) is 14.3. The molecule has 8 nitrogen and oxygen atoms in total. The molecule has 0 aliphatic carbocycles. The summed E-state index contributed by atoms with van der Waals surface area (Å²) in [5.74, 6) is -2.19. The van der Waals surface area contributed by atoms with E-state index in [1.807, 2.05) is 13.8 Å². The molecular weight excluding hydrogens is 370 g/mol. The van der Waals surface area contributed by atoms with Gasteiger partial charge < -0.3 is 20.7 Å². The van der Waals surface area contributed by atoms with Crippen molar-refractivity contribution < 1.29 is 19.5 Å². The van der Waals surface area contributed by atoms with Crippen LogP contribution in [0.25, 0.3) is 0 Å². The predicted molar refractivity (Wildman–Crippen MR) is 86.1 cm³/mol. The number of rotatable bonds is 7. The summed E-state index contributed by atoms with van der Waals surface area (Å²) in [6, 6.07) is 0.326. The molecule has 1 heterocycles. The molecule has 0 radical (unpaired) electrons. The van der Waals surface area contributed by atoms with Gasteiger partial charge in [-0.2, -0.15) is 0 Å². The SMILES string of the molecule is CC(C)C[C@H](NC(=O)CNC(=O)c1c[nH]c(=O)c(Br)c1)C(=O)O. The highest BCUT2D eigenvalue weighted by Gasteiger charge is 2.21. The second kappa shape index (κ2) is 8.47. The van der Waals surface area contributed by atoms with Crippen LogP contribution < -0.4 is 16.2 Å². The van der Waals surface area contributed by atoms with Crippen molar-refractivity contribution in [2.45, 2.75) is 26.3 Å². The number of amides is 2. The molecule has 0 spiro atoms. The van der Waals surface area contributed by atoms with Crippen LogP contribution >= 0.6 is 15.9 Å². The van der Waals surface area contributed by atoms with E-state index in [0.717, 1.165) is 0 Å². The van der Waals surface area contributed by atoms with Crippen LogP contribution in [0.5, 0.6) is 0 Å². The van der Waals surface area contributed by atoms with Crippen LogP contribution in [0.15, 0.2) is 21.5 Å². The molecule has 9 heteroatoms. The van der Waals surface area contributed by atoms with Gasteiger partial charge in [-0.05, 0) is 34.3 Å². The number of pyridine rings is 1. The molecule has 0 unspecified atom stereocenters. The summed E-state index contributed by atoms with van der Waals surface area (Å²) in [6.45, 7) is 3.33. The van der Waals surface area contributed by atoms with E-state index in [1.54, 1.807) is 0 Å². The first-order chi connectivity index (χ1) is 10.7. The average molecular weight is 388 g/mol. The van der Waals surface area contributed by atoms with Crippen LogP contribution in [-0.4, -0.2) is 40.5 Å². The molecule has 23 heavy (non-hydrogen) atoms. The van der Waals surface area contributed by atoms with Gasteiger partial charge in [0.1, 0.15) is 6.04 Å². The molecule has 1 aromatic heterocycles. The van der Waals surface area contributed by atoms with E-state index in [2.05, 4.69) is 31.5 Å². The number of carbonyl (C=O) groups is 3. The van der Waals surface area contributed by atoms with Crippen LogP contribution in [0.3, 0.4) is 0 Å². The third-order valence-corrected chi connectivity index (χ3v) is 3.46. The first kappa shape index (κ1) is 18.9. The van der Waals surface area contributed by atoms with Crippen molar-refractivity contribution >= 4 is 33.7 Å². The Kier molecular flexibility index (Phi) is 6.95. The van der Waals surface area contributed by atoms with Crippen molar-refractivity contribution in [1.29, 1.82) is 0 Å². The topological polar surface area (TPSA) is 128 Å². The quantitative estimate of drug-likeness (QED) is 0.540. The maximum Gasteiger partial charge on any atom is 0.326 e. The maximum atomic E-state index is 11.9. The largest absolute Gasteiger partial charge is 0.480 e. The molecule has 0 bridgehead atoms. The van der Waals surface area contributed by atoms with E-state index < -0.39 is 23.8 Å². The highest BCUT2D eigenvalue weighted by molar-refractivity contribution is 9.10. The molecule has 1 atom stereocenters. The van der Waals surface area contributed by atoms with Crippen molar-refractivity contribution in [3.8, 4) is 0 Å². The normalized spacial score (nSPS) is 11.8. The summed E-state index contributed by atoms with van der Waals surface area (Å²) in [6.07, 6.45) is 1.51. The van der Waals surface area contributed by atoms with Gasteiger partial charge in [0.2, 0.25) is 5.91 Å². The van der Waals surface area contributed by atoms with Gasteiger partial charge in [0.15, 0.2) is 0 Å². The van der Waals surface area contributed by atoms with Crippen LogP contribution in [0.1, 0.15) is 30.6 Å². The number of hydrogen-bond acceptors (Lipinski definition) is 4. The van der Waals surface area contributed by atoms with Gasteiger partial charge in [0.25, 0.3) is 11.5 Å². The molecule has 0 aliphatic rings. The lowest BCUT2D eigenvalue weighted by molar-refractivity contribution is -0.142. The van der Waals surface area contributed by atoms with Gasteiger partial charge in [-0.15, -0.1) is 0 Å². The number of nitrogens with one attached hydrogen (secondary N) is 3. The predicted octanol–water partition coefficient (Wildman–Crippen LogP) is 0.483. The minimum atomic E-state index is -1.12.